The Balaban J connectivity index is 2.62. The van der Waals surface area contributed by atoms with Crippen molar-refractivity contribution in [1.29, 1.82) is 0 Å². The topological polar surface area (TPSA) is 113 Å². The quantitative estimate of drug-likeness (QED) is 0.833. The number of nitrogens with zero attached hydrogens (tertiary/aromatic N) is 4. The molecule has 0 aliphatic carbocycles. The molecule has 2 rings (SSSR count). The van der Waals surface area contributed by atoms with Gasteiger partial charge in [-0.25, -0.2) is 18.2 Å². The van der Waals surface area contributed by atoms with E-state index in [0.717, 1.165) is 6.33 Å². The zero-order chi connectivity index (χ0) is 14.4. The minimum atomic E-state index is -3.86. The first kappa shape index (κ1) is 13.3. The molecule has 2 N–H and O–H groups in total. The standard InChI is InChI=1S/C10H13N5O3S/c1-6-4-14(3)7(2)8(6)19(17,18)10-12-5-15(13-10)9(11)16/h4-5H,1-3H3,(H2,11,16). The van der Waals surface area contributed by atoms with Crippen LogP contribution >= 0.6 is 0 Å². The Kier molecular flexibility index (Phi) is 2.93. The number of rotatable bonds is 2. The van der Waals surface area contributed by atoms with Crippen LogP contribution in [0.25, 0.3) is 0 Å². The minimum Gasteiger partial charge on any atom is -0.353 e. The average Bonchev–Trinajstić information content (AvgIpc) is 2.85. The number of sulfone groups is 1. The zero-order valence-corrected chi connectivity index (χ0v) is 11.5. The highest BCUT2D eigenvalue weighted by atomic mass is 32.2. The predicted molar refractivity (Wildman–Crippen MR) is 65.3 cm³/mol. The van der Waals surface area contributed by atoms with E-state index in [9.17, 15) is 13.2 Å². The van der Waals surface area contributed by atoms with Crippen molar-refractivity contribution in [2.75, 3.05) is 0 Å². The van der Waals surface area contributed by atoms with Crippen LogP contribution in [0.2, 0.25) is 0 Å². The Bertz CT molecular complexity index is 756. The SMILES string of the molecule is Cc1cn(C)c(C)c1S(=O)(=O)c1ncn(C(N)=O)n1. The van der Waals surface area contributed by atoms with Crippen LogP contribution in [0.15, 0.2) is 22.6 Å². The minimum absolute atomic E-state index is 0.150. The van der Waals surface area contributed by atoms with Crippen molar-refractivity contribution in [1.82, 2.24) is 19.3 Å². The van der Waals surface area contributed by atoms with Crippen LogP contribution in [-0.2, 0) is 16.9 Å². The molecular formula is C10H13N5O3S. The van der Waals surface area contributed by atoms with Gasteiger partial charge in [0, 0.05) is 18.9 Å². The van der Waals surface area contributed by atoms with E-state index in [1.807, 2.05) is 0 Å². The van der Waals surface area contributed by atoms with Crippen molar-refractivity contribution >= 4 is 15.9 Å². The third-order valence-corrected chi connectivity index (χ3v) is 4.63. The van der Waals surface area contributed by atoms with Gasteiger partial charge in [0.05, 0.1) is 4.90 Å². The molecule has 0 fully saturated rings. The fourth-order valence-corrected chi connectivity index (χ4v) is 3.44. The number of amides is 1. The maximum Gasteiger partial charge on any atom is 0.340 e. The molecule has 0 unspecified atom stereocenters. The number of carbonyl (C=O) groups is 1. The fourth-order valence-electron chi connectivity index (χ4n) is 1.87. The molecule has 19 heavy (non-hydrogen) atoms. The van der Waals surface area contributed by atoms with Gasteiger partial charge in [-0.1, -0.05) is 0 Å². The molecule has 0 saturated heterocycles. The summed E-state index contributed by atoms with van der Waals surface area (Å²) >= 11 is 0. The Morgan fingerprint density at radius 2 is 2.00 bits per heavy atom. The summed E-state index contributed by atoms with van der Waals surface area (Å²) in [5.41, 5.74) is 6.17. The molecule has 9 heteroatoms. The summed E-state index contributed by atoms with van der Waals surface area (Å²) in [6, 6.07) is -0.893. The van der Waals surface area contributed by atoms with Gasteiger partial charge in [0.2, 0.25) is 9.84 Å². The van der Waals surface area contributed by atoms with Crippen LogP contribution in [0.5, 0.6) is 0 Å². The van der Waals surface area contributed by atoms with E-state index in [1.165, 1.54) is 0 Å². The third-order valence-electron chi connectivity index (χ3n) is 2.81. The maximum absolute atomic E-state index is 12.4. The maximum atomic E-state index is 12.4. The van der Waals surface area contributed by atoms with E-state index in [-0.39, 0.29) is 4.90 Å². The van der Waals surface area contributed by atoms with E-state index in [2.05, 4.69) is 10.1 Å². The summed E-state index contributed by atoms with van der Waals surface area (Å²) in [4.78, 5) is 14.7. The second-order valence-electron chi connectivity index (χ2n) is 4.15. The number of hydrogen-bond acceptors (Lipinski definition) is 5. The van der Waals surface area contributed by atoms with Crippen molar-refractivity contribution in [3.8, 4) is 0 Å². The number of carbonyl (C=O) groups excluding carboxylic acids is 1. The molecule has 0 aromatic carbocycles. The highest BCUT2D eigenvalue weighted by molar-refractivity contribution is 7.91. The fraction of sp³-hybridized carbons (Fsp3) is 0.300. The Morgan fingerprint density at radius 3 is 2.42 bits per heavy atom. The van der Waals surface area contributed by atoms with E-state index in [1.54, 1.807) is 31.7 Å². The van der Waals surface area contributed by atoms with Gasteiger partial charge >= 0.3 is 6.03 Å². The van der Waals surface area contributed by atoms with Gasteiger partial charge in [-0.2, -0.15) is 4.68 Å². The van der Waals surface area contributed by atoms with E-state index >= 15 is 0 Å². The van der Waals surface area contributed by atoms with Gasteiger partial charge in [-0.15, -0.1) is 5.10 Å². The lowest BCUT2D eigenvalue weighted by Crippen LogP contribution is -2.20. The van der Waals surface area contributed by atoms with E-state index in [4.69, 9.17) is 5.73 Å². The largest absolute Gasteiger partial charge is 0.353 e. The molecule has 0 saturated carbocycles. The molecule has 2 aromatic heterocycles. The summed E-state index contributed by atoms with van der Waals surface area (Å²) in [5, 5.41) is 3.14. The number of aromatic nitrogens is 4. The van der Waals surface area contributed by atoms with Gasteiger partial charge in [0.25, 0.3) is 5.16 Å². The van der Waals surface area contributed by atoms with Crippen LogP contribution in [0.4, 0.5) is 4.79 Å². The normalized spacial score (nSPS) is 11.7. The molecule has 0 aliphatic heterocycles. The smallest absolute Gasteiger partial charge is 0.340 e. The number of aryl methyl sites for hydroxylation is 2. The van der Waals surface area contributed by atoms with Crippen LogP contribution in [0.1, 0.15) is 11.3 Å². The van der Waals surface area contributed by atoms with Crippen molar-refractivity contribution < 1.29 is 13.2 Å². The first-order valence-electron chi connectivity index (χ1n) is 5.34. The summed E-state index contributed by atoms with van der Waals surface area (Å²) in [6.45, 7) is 3.37. The van der Waals surface area contributed by atoms with Crippen LogP contribution < -0.4 is 5.73 Å². The second-order valence-corrected chi connectivity index (χ2v) is 5.93. The molecule has 0 bridgehead atoms. The van der Waals surface area contributed by atoms with Crippen molar-refractivity contribution in [3.05, 3.63) is 23.8 Å². The van der Waals surface area contributed by atoms with Crippen molar-refractivity contribution in [3.63, 3.8) is 0 Å². The summed E-state index contributed by atoms with van der Waals surface area (Å²) < 4.78 is 27.2. The molecule has 0 atom stereocenters. The third kappa shape index (κ3) is 2.01. The van der Waals surface area contributed by atoms with Gasteiger partial charge in [0.15, 0.2) is 0 Å². The molecule has 8 nitrogen and oxygen atoms in total. The summed E-state index contributed by atoms with van der Waals surface area (Å²) in [6.07, 6.45) is 2.68. The Hall–Kier alpha value is -2.16. The number of nitrogens with two attached hydrogens (primary N) is 1. The Morgan fingerprint density at radius 1 is 1.37 bits per heavy atom. The number of primary amides is 1. The van der Waals surface area contributed by atoms with Crippen LogP contribution in [0, 0.1) is 13.8 Å². The molecule has 102 valence electrons. The highest BCUT2D eigenvalue weighted by Crippen LogP contribution is 2.25. The van der Waals surface area contributed by atoms with Gasteiger partial charge in [0.1, 0.15) is 6.33 Å². The highest BCUT2D eigenvalue weighted by Gasteiger charge is 2.28. The lowest BCUT2D eigenvalue weighted by Gasteiger charge is -2.02. The molecule has 0 spiro atoms. The van der Waals surface area contributed by atoms with Gasteiger partial charge in [-0.3, -0.25) is 0 Å². The summed E-state index contributed by atoms with van der Waals surface area (Å²) in [7, 11) is -2.12. The molecule has 2 aromatic rings. The molecule has 1 amide bonds. The lowest BCUT2D eigenvalue weighted by atomic mass is 10.3. The monoisotopic (exact) mass is 283 g/mol. The van der Waals surface area contributed by atoms with E-state index in [0.29, 0.717) is 15.9 Å². The Labute approximate surface area is 109 Å². The van der Waals surface area contributed by atoms with E-state index < -0.39 is 21.0 Å². The molecule has 2 heterocycles. The molecular weight excluding hydrogens is 270 g/mol. The molecule has 0 radical (unpaired) electrons. The first-order chi connectivity index (χ1) is 8.75. The van der Waals surface area contributed by atoms with Crippen LogP contribution in [-0.4, -0.2) is 33.8 Å². The predicted octanol–water partition coefficient (Wildman–Crippen LogP) is -0.00696. The lowest BCUT2D eigenvalue weighted by molar-refractivity contribution is 0.247. The second kappa shape index (κ2) is 4.19. The first-order valence-corrected chi connectivity index (χ1v) is 6.82. The van der Waals surface area contributed by atoms with Crippen LogP contribution in [0.3, 0.4) is 0 Å². The zero-order valence-electron chi connectivity index (χ0n) is 10.7. The van der Waals surface area contributed by atoms with Gasteiger partial charge in [-0.05, 0) is 19.4 Å². The summed E-state index contributed by atoms with van der Waals surface area (Å²) in [5.74, 6) is 0. The number of hydrogen-bond donors (Lipinski definition) is 1. The van der Waals surface area contributed by atoms with Gasteiger partial charge < -0.3 is 10.3 Å². The van der Waals surface area contributed by atoms with Crippen molar-refractivity contribution in [2.45, 2.75) is 23.9 Å². The van der Waals surface area contributed by atoms with Crippen molar-refractivity contribution in [2.24, 2.45) is 12.8 Å². The molecule has 0 aliphatic rings. The average molecular weight is 283 g/mol.